The number of rotatable bonds is 7. The molecule has 0 radical (unpaired) electrons. The van der Waals surface area contributed by atoms with E-state index in [1.165, 1.54) is 10.3 Å². The fourth-order valence-corrected chi connectivity index (χ4v) is 4.64. The summed E-state index contributed by atoms with van der Waals surface area (Å²) in [5.74, 6) is 0.815. The van der Waals surface area contributed by atoms with E-state index in [1.54, 1.807) is 0 Å². The summed E-state index contributed by atoms with van der Waals surface area (Å²) >= 11 is 0. The van der Waals surface area contributed by atoms with Crippen molar-refractivity contribution in [2.45, 2.75) is 31.3 Å². The Morgan fingerprint density at radius 1 is 1.00 bits per heavy atom. The minimum absolute atomic E-state index is 0.0756. The lowest BCUT2D eigenvalue weighted by Gasteiger charge is -2.40. The summed E-state index contributed by atoms with van der Waals surface area (Å²) in [4.78, 5) is 12.8. The van der Waals surface area contributed by atoms with Gasteiger partial charge >= 0.3 is 0 Å². The predicted octanol–water partition coefficient (Wildman–Crippen LogP) is 3.31. The molecule has 1 amide bonds. The molecule has 5 rings (SSSR count). The summed E-state index contributed by atoms with van der Waals surface area (Å²) in [6.45, 7) is 2.67. The van der Waals surface area contributed by atoms with Crippen molar-refractivity contribution in [2.75, 3.05) is 32.9 Å². The van der Waals surface area contributed by atoms with Crippen LogP contribution in [0.4, 0.5) is 4.79 Å². The standard InChI is InChI=1S/C27H29NO6/c29-27(30)28-12-11-24(21-7-9-23(10-8-21)33-18-26-31-13-14-32-26)25(16-28)34-17-19-5-6-20-3-1-2-4-22(20)15-19/h1-10,15,24-26H,11-14,16-18H2,(H,29,30)/p-1. The van der Waals surface area contributed by atoms with Gasteiger partial charge in [-0.1, -0.05) is 48.5 Å². The zero-order valence-corrected chi connectivity index (χ0v) is 18.9. The van der Waals surface area contributed by atoms with E-state index in [9.17, 15) is 9.90 Å². The number of hydrogen-bond donors (Lipinski definition) is 0. The van der Waals surface area contributed by atoms with E-state index in [0.29, 0.717) is 39.4 Å². The van der Waals surface area contributed by atoms with Crippen LogP contribution in [0.15, 0.2) is 66.7 Å². The Morgan fingerprint density at radius 3 is 2.53 bits per heavy atom. The van der Waals surface area contributed by atoms with Crippen LogP contribution in [0.25, 0.3) is 10.8 Å². The van der Waals surface area contributed by atoms with Gasteiger partial charge in [0, 0.05) is 19.0 Å². The van der Waals surface area contributed by atoms with Gasteiger partial charge in [0.1, 0.15) is 18.4 Å². The molecule has 0 spiro atoms. The molecule has 0 saturated carbocycles. The highest BCUT2D eigenvalue weighted by Crippen LogP contribution is 2.32. The zero-order valence-electron chi connectivity index (χ0n) is 18.9. The molecule has 178 valence electrons. The fourth-order valence-electron chi connectivity index (χ4n) is 4.64. The number of carbonyl (C=O) groups is 1. The van der Waals surface area contributed by atoms with Gasteiger partial charge < -0.3 is 33.7 Å². The Balaban J connectivity index is 1.26. The summed E-state index contributed by atoms with van der Waals surface area (Å²) in [5.41, 5.74) is 2.16. The molecule has 7 nitrogen and oxygen atoms in total. The van der Waals surface area contributed by atoms with E-state index in [4.69, 9.17) is 18.9 Å². The van der Waals surface area contributed by atoms with Crippen molar-refractivity contribution in [3.05, 3.63) is 77.9 Å². The lowest BCUT2D eigenvalue weighted by Crippen LogP contribution is -2.51. The second-order valence-corrected chi connectivity index (χ2v) is 8.69. The van der Waals surface area contributed by atoms with E-state index in [0.717, 1.165) is 22.3 Å². The molecule has 2 heterocycles. The maximum Gasteiger partial charge on any atom is 0.191 e. The number of likely N-dealkylation sites (tertiary alicyclic amines) is 1. The molecule has 2 aliphatic heterocycles. The number of amides is 1. The largest absolute Gasteiger partial charge is 0.530 e. The summed E-state index contributed by atoms with van der Waals surface area (Å²) in [5, 5.41) is 13.8. The van der Waals surface area contributed by atoms with Crippen LogP contribution in [0.3, 0.4) is 0 Å². The normalized spacial score (nSPS) is 21.1. The molecule has 2 unspecified atom stereocenters. The first-order valence-corrected chi connectivity index (χ1v) is 11.7. The maximum atomic E-state index is 11.5. The quantitative estimate of drug-likeness (QED) is 0.536. The van der Waals surface area contributed by atoms with Gasteiger partial charge in [-0.15, -0.1) is 0 Å². The van der Waals surface area contributed by atoms with Gasteiger partial charge in [0.05, 0.1) is 25.9 Å². The van der Waals surface area contributed by atoms with E-state index >= 15 is 0 Å². The highest BCUT2D eigenvalue weighted by molar-refractivity contribution is 5.82. The molecule has 2 atom stereocenters. The monoisotopic (exact) mass is 462 g/mol. The van der Waals surface area contributed by atoms with Crippen molar-refractivity contribution in [3.63, 3.8) is 0 Å². The third-order valence-corrected chi connectivity index (χ3v) is 6.48. The Labute approximate surface area is 198 Å². The van der Waals surface area contributed by atoms with Gasteiger partial charge in [-0.3, -0.25) is 0 Å². The first-order valence-electron chi connectivity index (χ1n) is 11.7. The van der Waals surface area contributed by atoms with Gasteiger partial charge in [-0.25, -0.2) is 0 Å². The number of hydrogen-bond acceptors (Lipinski definition) is 6. The van der Waals surface area contributed by atoms with Crippen molar-refractivity contribution in [1.29, 1.82) is 0 Å². The molecule has 0 bridgehead atoms. The molecule has 0 aromatic heterocycles. The van der Waals surface area contributed by atoms with Crippen molar-refractivity contribution in [3.8, 4) is 5.75 Å². The van der Waals surface area contributed by atoms with Gasteiger partial charge in [0.2, 0.25) is 0 Å². The Kier molecular flexibility index (Phi) is 6.94. The number of benzene rings is 3. The van der Waals surface area contributed by atoms with Crippen LogP contribution >= 0.6 is 0 Å². The summed E-state index contributed by atoms with van der Waals surface area (Å²) in [6, 6.07) is 22.4. The first kappa shape index (κ1) is 22.7. The molecule has 2 aliphatic rings. The number of carboxylic acid groups (broad SMARTS) is 1. The molecule has 2 saturated heterocycles. The Morgan fingerprint density at radius 2 is 1.76 bits per heavy atom. The SMILES string of the molecule is O=C([O-])N1CCC(c2ccc(OCC3OCCO3)cc2)C(OCc2ccc3ccccc3c2)C1. The predicted molar refractivity (Wildman–Crippen MR) is 124 cm³/mol. The Bertz CT molecular complexity index is 1110. The summed E-state index contributed by atoms with van der Waals surface area (Å²) in [7, 11) is 0. The Hall–Kier alpha value is -3.13. The van der Waals surface area contributed by atoms with Crippen LogP contribution in [0, 0.1) is 0 Å². The molecule has 3 aromatic rings. The smallest absolute Gasteiger partial charge is 0.191 e. The third kappa shape index (κ3) is 5.33. The summed E-state index contributed by atoms with van der Waals surface area (Å²) in [6.07, 6.45) is -1.08. The average Bonchev–Trinajstić information content (AvgIpc) is 3.40. The third-order valence-electron chi connectivity index (χ3n) is 6.48. The lowest BCUT2D eigenvalue weighted by molar-refractivity contribution is -0.268. The van der Waals surface area contributed by atoms with Crippen molar-refractivity contribution in [1.82, 2.24) is 4.90 Å². The fraction of sp³-hybridized carbons (Fsp3) is 0.370. The minimum atomic E-state index is -1.15. The molecule has 7 heteroatoms. The number of carbonyl (C=O) groups excluding carboxylic acids is 1. The van der Waals surface area contributed by atoms with Crippen molar-refractivity contribution in [2.24, 2.45) is 0 Å². The number of fused-ring (bicyclic) bond motifs is 1. The second kappa shape index (κ2) is 10.4. The highest BCUT2D eigenvalue weighted by Gasteiger charge is 2.31. The van der Waals surface area contributed by atoms with E-state index in [-0.39, 0.29) is 24.9 Å². The molecular formula is C27H28NO6-. The van der Waals surface area contributed by atoms with Crippen LogP contribution in [-0.2, 0) is 20.8 Å². The van der Waals surface area contributed by atoms with E-state index in [1.807, 2.05) is 36.4 Å². The average molecular weight is 463 g/mol. The van der Waals surface area contributed by atoms with Gasteiger partial charge in [0.15, 0.2) is 6.29 Å². The van der Waals surface area contributed by atoms with Crippen molar-refractivity contribution >= 4 is 16.9 Å². The molecule has 0 N–H and O–H groups in total. The maximum absolute atomic E-state index is 11.5. The number of nitrogens with zero attached hydrogens (tertiary/aromatic N) is 1. The van der Waals surface area contributed by atoms with Crippen LogP contribution in [-0.4, -0.2) is 56.3 Å². The first-order chi connectivity index (χ1) is 16.7. The van der Waals surface area contributed by atoms with Crippen LogP contribution < -0.4 is 9.84 Å². The zero-order chi connectivity index (χ0) is 23.3. The second-order valence-electron chi connectivity index (χ2n) is 8.69. The molecule has 0 aliphatic carbocycles. The molecule has 34 heavy (non-hydrogen) atoms. The van der Waals surface area contributed by atoms with Crippen LogP contribution in [0.2, 0.25) is 0 Å². The molecular weight excluding hydrogens is 434 g/mol. The van der Waals surface area contributed by atoms with Gasteiger partial charge in [0.25, 0.3) is 0 Å². The number of piperidine rings is 1. The topological polar surface area (TPSA) is 80.3 Å². The van der Waals surface area contributed by atoms with Crippen LogP contribution in [0.5, 0.6) is 5.75 Å². The highest BCUT2D eigenvalue weighted by atomic mass is 16.7. The molecule has 2 fully saturated rings. The van der Waals surface area contributed by atoms with Crippen LogP contribution in [0.1, 0.15) is 23.5 Å². The lowest BCUT2D eigenvalue weighted by atomic mass is 9.87. The van der Waals surface area contributed by atoms with Gasteiger partial charge in [-0.2, -0.15) is 0 Å². The van der Waals surface area contributed by atoms with E-state index in [2.05, 4.69) is 30.3 Å². The summed E-state index contributed by atoms with van der Waals surface area (Å²) < 4.78 is 22.9. The minimum Gasteiger partial charge on any atom is -0.530 e. The van der Waals surface area contributed by atoms with Gasteiger partial charge in [-0.05, 0) is 46.5 Å². The van der Waals surface area contributed by atoms with E-state index < -0.39 is 6.09 Å². The van der Waals surface area contributed by atoms with Crippen molar-refractivity contribution < 1.29 is 28.8 Å². The number of ether oxygens (including phenoxy) is 4. The molecule has 3 aromatic carbocycles.